The maximum absolute atomic E-state index is 3.57. The Hall–Kier alpha value is -1.28. The van der Waals surface area contributed by atoms with Crippen LogP contribution >= 0.6 is 0 Å². The summed E-state index contributed by atoms with van der Waals surface area (Å²) < 4.78 is 0. The van der Waals surface area contributed by atoms with Crippen molar-refractivity contribution in [1.82, 2.24) is 10.3 Å². The highest BCUT2D eigenvalue weighted by Crippen LogP contribution is 2.24. The van der Waals surface area contributed by atoms with Gasteiger partial charge in [-0.3, -0.25) is 0 Å². The van der Waals surface area contributed by atoms with Crippen molar-refractivity contribution >= 4 is 10.9 Å². The van der Waals surface area contributed by atoms with E-state index in [1.165, 1.54) is 35.0 Å². The van der Waals surface area contributed by atoms with Crippen molar-refractivity contribution in [2.24, 2.45) is 0 Å². The molecule has 2 aromatic rings. The van der Waals surface area contributed by atoms with Crippen LogP contribution in [0.5, 0.6) is 0 Å². The molecule has 3 rings (SSSR count). The topological polar surface area (TPSA) is 27.8 Å². The van der Waals surface area contributed by atoms with Gasteiger partial charge in [-0.2, -0.15) is 0 Å². The third kappa shape index (κ3) is 1.65. The molecule has 1 aromatic heterocycles. The maximum atomic E-state index is 3.57. The van der Waals surface area contributed by atoms with E-state index in [9.17, 15) is 0 Å². The van der Waals surface area contributed by atoms with Crippen molar-refractivity contribution in [1.29, 1.82) is 0 Å². The van der Waals surface area contributed by atoms with E-state index in [0.29, 0.717) is 0 Å². The normalized spacial score (nSPS) is 16.1. The van der Waals surface area contributed by atoms with Crippen LogP contribution in [0.3, 0.4) is 0 Å². The molecule has 15 heavy (non-hydrogen) atoms. The molecule has 0 bridgehead atoms. The highest BCUT2D eigenvalue weighted by molar-refractivity contribution is 5.84. The predicted octanol–water partition coefficient (Wildman–Crippen LogP) is 2.73. The third-order valence-electron chi connectivity index (χ3n) is 3.17. The van der Waals surface area contributed by atoms with Gasteiger partial charge in [0.05, 0.1) is 0 Å². The highest BCUT2D eigenvalue weighted by Gasteiger charge is 2.20. The van der Waals surface area contributed by atoms with Crippen molar-refractivity contribution in [3.8, 4) is 0 Å². The van der Waals surface area contributed by atoms with E-state index in [1.54, 1.807) is 0 Å². The number of nitrogens with one attached hydrogen (secondary N) is 2. The number of para-hydroxylation sites is 1. The molecule has 0 radical (unpaired) electrons. The highest BCUT2D eigenvalue weighted by atomic mass is 14.9. The van der Waals surface area contributed by atoms with E-state index in [2.05, 4.69) is 41.5 Å². The Labute approximate surface area is 89.7 Å². The van der Waals surface area contributed by atoms with E-state index in [-0.39, 0.29) is 0 Å². The Morgan fingerprint density at radius 3 is 2.93 bits per heavy atom. The summed E-state index contributed by atoms with van der Waals surface area (Å²) in [5.74, 6) is 0. The molecule has 2 N–H and O–H groups in total. The Kier molecular flexibility index (Phi) is 2.03. The summed E-state index contributed by atoms with van der Waals surface area (Å²) in [4.78, 5) is 3.43. The number of hydrogen-bond donors (Lipinski definition) is 2. The second kappa shape index (κ2) is 3.38. The molecule has 0 aliphatic heterocycles. The zero-order valence-electron chi connectivity index (χ0n) is 9.01. The molecule has 1 aliphatic carbocycles. The standard InChI is InChI=1S/C13H16N2/c1-9-12(8-14-10-6-7-10)11-4-2-3-5-13(11)15-9/h2-5,10,14-15H,6-8H2,1H3. The average Bonchev–Trinajstić information content (AvgIpc) is 3.00. The minimum absolute atomic E-state index is 0.776. The smallest absolute Gasteiger partial charge is 0.0459 e. The lowest BCUT2D eigenvalue weighted by atomic mass is 10.1. The maximum Gasteiger partial charge on any atom is 0.0459 e. The van der Waals surface area contributed by atoms with Crippen LogP contribution in [0.15, 0.2) is 24.3 Å². The second-order valence-electron chi connectivity index (χ2n) is 4.43. The SMILES string of the molecule is Cc1[nH]c2ccccc2c1CNC1CC1. The van der Waals surface area contributed by atoms with Crippen LogP contribution in [0.2, 0.25) is 0 Å². The second-order valence-corrected chi connectivity index (χ2v) is 4.43. The molecule has 2 nitrogen and oxygen atoms in total. The van der Waals surface area contributed by atoms with Crippen molar-refractivity contribution in [3.05, 3.63) is 35.5 Å². The zero-order chi connectivity index (χ0) is 10.3. The van der Waals surface area contributed by atoms with E-state index in [1.807, 2.05) is 0 Å². The van der Waals surface area contributed by atoms with Crippen LogP contribution in [0.25, 0.3) is 10.9 Å². The first-order chi connectivity index (χ1) is 7.34. The molecule has 0 saturated heterocycles. The summed E-state index contributed by atoms with van der Waals surface area (Å²) in [6.07, 6.45) is 2.70. The molecule has 0 atom stereocenters. The van der Waals surface area contributed by atoms with Crippen molar-refractivity contribution < 1.29 is 0 Å². The van der Waals surface area contributed by atoms with Gasteiger partial charge in [0.1, 0.15) is 0 Å². The number of aromatic amines is 1. The van der Waals surface area contributed by atoms with Crippen LogP contribution < -0.4 is 5.32 Å². The van der Waals surface area contributed by atoms with Crippen LogP contribution in [0, 0.1) is 6.92 Å². The molecule has 78 valence electrons. The van der Waals surface area contributed by atoms with Gasteiger partial charge in [-0.15, -0.1) is 0 Å². The number of hydrogen-bond acceptors (Lipinski definition) is 1. The van der Waals surface area contributed by atoms with Gasteiger partial charge in [0.25, 0.3) is 0 Å². The zero-order valence-corrected chi connectivity index (χ0v) is 9.01. The summed E-state index contributed by atoms with van der Waals surface area (Å²) in [5.41, 5.74) is 3.98. The van der Waals surface area contributed by atoms with E-state index >= 15 is 0 Å². The van der Waals surface area contributed by atoms with Crippen molar-refractivity contribution in [2.75, 3.05) is 0 Å². The van der Waals surface area contributed by atoms with Gasteiger partial charge in [-0.05, 0) is 31.4 Å². The number of aryl methyl sites for hydroxylation is 1. The fourth-order valence-electron chi connectivity index (χ4n) is 2.10. The van der Waals surface area contributed by atoms with E-state index < -0.39 is 0 Å². The molecule has 0 spiro atoms. The number of aromatic nitrogens is 1. The lowest BCUT2D eigenvalue weighted by molar-refractivity contribution is 0.688. The predicted molar refractivity (Wildman–Crippen MR) is 62.9 cm³/mol. The van der Waals surface area contributed by atoms with Crippen LogP contribution in [0.1, 0.15) is 24.1 Å². The number of H-pyrrole nitrogens is 1. The fourth-order valence-corrected chi connectivity index (χ4v) is 2.10. The Morgan fingerprint density at radius 2 is 2.13 bits per heavy atom. The van der Waals surface area contributed by atoms with Crippen molar-refractivity contribution in [3.63, 3.8) is 0 Å². The Morgan fingerprint density at radius 1 is 1.33 bits per heavy atom. The Bertz CT molecular complexity index is 480. The number of benzene rings is 1. The molecular formula is C13H16N2. The molecule has 1 aliphatic rings. The summed E-state index contributed by atoms with van der Waals surface area (Å²) in [5, 5.41) is 4.94. The summed E-state index contributed by atoms with van der Waals surface area (Å²) in [6, 6.07) is 9.30. The lowest BCUT2D eigenvalue weighted by Gasteiger charge is -2.02. The lowest BCUT2D eigenvalue weighted by Crippen LogP contribution is -2.15. The molecule has 0 amide bonds. The largest absolute Gasteiger partial charge is 0.358 e. The number of fused-ring (bicyclic) bond motifs is 1. The van der Waals surface area contributed by atoms with E-state index in [0.717, 1.165) is 12.6 Å². The van der Waals surface area contributed by atoms with E-state index in [4.69, 9.17) is 0 Å². The number of rotatable bonds is 3. The van der Waals surface area contributed by atoms with Gasteiger partial charge in [-0.1, -0.05) is 18.2 Å². The quantitative estimate of drug-likeness (QED) is 0.783. The molecular weight excluding hydrogens is 184 g/mol. The molecule has 1 heterocycles. The van der Waals surface area contributed by atoms with Gasteiger partial charge in [0, 0.05) is 29.2 Å². The average molecular weight is 200 g/mol. The van der Waals surface area contributed by atoms with Crippen LogP contribution in [-0.4, -0.2) is 11.0 Å². The summed E-state index contributed by atoms with van der Waals surface area (Å²) in [7, 11) is 0. The van der Waals surface area contributed by atoms with Gasteiger partial charge in [0.15, 0.2) is 0 Å². The van der Waals surface area contributed by atoms with Gasteiger partial charge in [-0.25, -0.2) is 0 Å². The fraction of sp³-hybridized carbons (Fsp3) is 0.385. The molecule has 1 saturated carbocycles. The monoisotopic (exact) mass is 200 g/mol. The molecule has 2 heteroatoms. The molecule has 1 fully saturated rings. The third-order valence-corrected chi connectivity index (χ3v) is 3.17. The summed E-state index contributed by atoms with van der Waals surface area (Å²) >= 11 is 0. The van der Waals surface area contributed by atoms with Gasteiger partial charge < -0.3 is 10.3 Å². The summed E-state index contributed by atoms with van der Waals surface area (Å²) in [6.45, 7) is 3.16. The Balaban J connectivity index is 1.95. The first-order valence-corrected chi connectivity index (χ1v) is 5.64. The van der Waals surface area contributed by atoms with Gasteiger partial charge >= 0.3 is 0 Å². The minimum atomic E-state index is 0.776. The van der Waals surface area contributed by atoms with Crippen molar-refractivity contribution in [2.45, 2.75) is 32.4 Å². The first kappa shape index (κ1) is 8.98. The molecule has 1 aromatic carbocycles. The van der Waals surface area contributed by atoms with Crippen LogP contribution in [0.4, 0.5) is 0 Å². The van der Waals surface area contributed by atoms with Crippen LogP contribution in [-0.2, 0) is 6.54 Å². The first-order valence-electron chi connectivity index (χ1n) is 5.64. The minimum Gasteiger partial charge on any atom is -0.358 e. The van der Waals surface area contributed by atoms with Gasteiger partial charge in [0.2, 0.25) is 0 Å². The molecule has 0 unspecified atom stereocenters.